The van der Waals surface area contributed by atoms with Crippen molar-refractivity contribution in [3.05, 3.63) is 30.5 Å². The second-order valence-corrected chi connectivity index (χ2v) is 3.32. The van der Waals surface area contributed by atoms with Crippen LogP contribution in [-0.4, -0.2) is 0 Å². The first-order valence-electron chi connectivity index (χ1n) is 5.41. The number of rotatable bonds is 8. The molecule has 0 aromatic heterocycles. The zero-order valence-electron chi connectivity index (χ0n) is 8.89. The van der Waals surface area contributed by atoms with Crippen molar-refractivity contribution in [3.63, 3.8) is 0 Å². The Hall–Kier alpha value is -0.740. The van der Waals surface area contributed by atoms with Crippen LogP contribution in [0.1, 0.15) is 51.9 Å². The van der Waals surface area contributed by atoms with Gasteiger partial charge < -0.3 is 0 Å². The van der Waals surface area contributed by atoms with Gasteiger partial charge in [0.15, 0.2) is 0 Å². The van der Waals surface area contributed by atoms with Crippen LogP contribution in [0.4, 0.5) is 0 Å². The van der Waals surface area contributed by atoms with Gasteiger partial charge in [-0.25, -0.2) is 0 Å². The minimum absolute atomic E-state index is 0.985. The predicted molar refractivity (Wildman–Crippen MR) is 60.8 cm³/mol. The monoisotopic (exact) mass is 178 g/mol. The molecule has 0 saturated heterocycles. The number of hydrogen-bond donors (Lipinski definition) is 0. The highest BCUT2D eigenvalue weighted by atomic mass is 13.9. The summed E-state index contributed by atoms with van der Waals surface area (Å²) in [6.07, 6.45) is 15.5. The molecule has 0 aliphatic rings. The number of unbranched alkanes of at least 4 members (excludes halogenated alkanes) is 5. The van der Waals surface area contributed by atoms with Crippen molar-refractivity contribution in [2.45, 2.75) is 51.9 Å². The van der Waals surface area contributed by atoms with Gasteiger partial charge in [-0.2, -0.15) is 0 Å². The molecule has 0 aliphatic carbocycles. The molecule has 0 fully saturated rings. The second kappa shape index (κ2) is 11.3. The first kappa shape index (κ1) is 12.3. The topological polar surface area (TPSA) is 0 Å². The van der Waals surface area contributed by atoms with E-state index in [1.54, 1.807) is 0 Å². The van der Waals surface area contributed by atoms with E-state index >= 15 is 0 Å². The third kappa shape index (κ3) is 11.3. The highest BCUT2D eigenvalue weighted by molar-refractivity contribution is 4.90. The van der Waals surface area contributed by atoms with Crippen LogP contribution in [0.3, 0.4) is 0 Å². The van der Waals surface area contributed by atoms with E-state index in [9.17, 15) is 0 Å². The first-order chi connectivity index (χ1) is 6.41. The molecule has 74 valence electrons. The third-order valence-electron chi connectivity index (χ3n) is 2.04. The Morgan fingerprint density at radius 1 is 1.08 bits per heavy atom. The van der Waals surface area contributed by atoms with Gasteiger partial charge in [-0.1, -0.05) is 51.3 Å². The van der Waals surface area contributed by atoms with Crippen molar-refractivity contribution < 1.29 is 0 Å². The van der Waals surface area contributed by atoms with Gasteiger partial charge in [-0.3, -0.25) is 0 Å². The van der Waals surface area contributed by atoms with Crippen LogP contribution in [0.2, 0.25) is 0 Å². The smallest absolute Gasteiger partial charge is 0.00932 e. The SMILES string of the molecule is C=C=CCC=CCCCCCCC. The van der Waals surface area contributed by atoms with Gasteiger partial charge in [-0.05, 0) is 25.3 Å². The number of hydrogen-bond acceptors (Lipinski definition) is 0. The van der Waals surface area contributed by atoms with E-state index in [2.05, 4.69) is 31.4 Å². The molecule has 0 aromatic rings. The summed E-state index contributed by atoms with van der Waals surface area (Å²) < 4.78 is 0. The summed E-state index contributed by atoms with van der Waals surface area (Å²) in [5, 5.41) is 0. The van der Waals surface area contributed by atoms with E-state index in [-0.39, 0.29) is 0 Å². The minimum Gasteiger partial charge on any atom is -0.133 e. The number of allylic oxidation sites excluding steroid dienone is 3. The van der Waals surface area contributed by atoms with Crippen LogP contribution in [-0.2, 0) is 0 Å². The van der Waals surface area contributed by atoms with Crippen molar-refractivity contribution in [2.24, 2.45) is 0 Å². The van der Waals surface area contributed by atoms with Crippen LogP contribution in [0.25, 0.3) is 0 Å². The van der Waals surface area contributed by atoms with Crippen LogP contribution in [0, 0.1) is 0 Å². The maximum absolute atomic E-state index is 3.51. The Morgan fingerprint density at radius 2 is 1.85 bits per heavy atom. The Morgan fingerprint density at radius 3 is 2.54 bits per heavy atom. The Balaban J connectivity index is 3.06. The standard InChI is InChI=1S/C13H22/c1-3-5-7-9-11-13-12-10-8-6-4-2/h5,9,11H,1,4,6-8,10,12-13H2,2H3. The van der Waals surface area contributed by atoms with Gasteiger partial charge in [0.25, 0.3) is 0 Å². The quantitative estimate of drug-likeness (QED) is 0.289. The fourth-order valence-corrected chi connectivity index (χ4v) is 1.23. The lowest BCUT2D eigenvalue weighted by atomic mass is 10.1. The molecule has 0 amide bonds. The third-order valence-corrected chi connectivity index (χ3v) is 2.04. The predicted octanol–water partition coefficient (Wildman–Crippen LogP) is 4.63. The molecular weight excluding hydrogens is 156 g/mol. The summed E-state index contributed by atoms with van der Waals surface area (Å²) in [5.41, 5.74) is 2.76. The van der Waals surface area contributed by atoms with E-state index in [1.807, 2.05) is 6.08 Å². The van der Waals surface area contributed by atoms with E-state index < -0.39 is 0 Å². The Kier molecular flexibility index (Phi) is 10.6. The van der Waals surface area contributed by atoms with Crippen molar-refractivity contribution in [2.75, 3.05) is 0 Å². The highest BCUT2D eigenvalue weighted by Gasteiger charge is 1.85. The molecule has 0 N–H and O–H groups in total. The second-order valence-electron chi connectivity index (χ2n) is 3.32. The van der Waals surface area contributed by atoms with Gasteiger partial charge >= 0.3 is 0 Å². The van der Waals surface area contributed by atoms with E-state index in [4.69, 9.17) is 0 Å². The summed E-state index contributed by atoms with van der Waals surface area (Å²) in [6.45, 7) is 5.77. The van der Waals surface area contributed by atoms with Crippen molar-refractivity contribution in [1.82, 2.24) is 0 Å². The molecule has 0 aromatic carbocycles. The van der Waals surface area contributed by atoms with Gasteiger partial charge in [0.05, 0.1) is 0 Å². The molecule has 0 saturated carbocycles. The lowest BCUT2D eigenvalue weighted by molar-refractivity contribution is 0.637. The molecule has 0 heteroatoms. The fourth-order valence-electron chi connectivity index (χ4n) is 1.23. The van der Waals surface area contributed by atoms with Gasteiger partial charge in [0.1, 0.15) is 0 Å². The molecule has 0 nitrogen and oxygen atoms in total. The molecule has 0 bridgehead atoms. The van der Waals surface area contributed by atoms with Crippen molar-refractivity contribution in [1.29, 1.82) is 0 Å². The fraction of sp³-hybridized carbons (Fsp3) is 0.615. The molecule has 0 unspecified atom stereocenters. The Bertz CT molecular complexity index is 159. The average molecular weight is 178 g/mol. The van der Waals surface area contributed by atoms with Crippen LogP contribution in [0.15, 0.2) is 30.5 Å². The lowest BCUT2D eigenvalue weighted by Crippen LogP contribution is -1.75. The molecule has 13 heavy (non-hydrogen) atoms. The Labute approximate surface area is 83.0 Å². The zero-order valence-corrected chi connectivity index (χ0v) is 8.89. The van der Waals surface area contributed by atoms with Crippen molar-refractivity contribution in [3.8, 4) is 0 Å². The van der Waals surface area contributed by atoms with Crippen molar-refractivity contribution >= 4 is 0 Å². The van der Waals surface area contributed by atoms with Gasteiger partial charge in [0.2, 0.25) is 0 Å². The van der Waals surface area contributed by atoms with E-state index in [0.717, 1.165) is 6.42 Å². The summed E-state index contributed by atoms with van der Waals surface area (Å²) in [7, 11) is 0. The van der Waals surface area contributed by atoms with E-state index in [1.165, 1.54) is 38.5 Å². The molecule has 0 radical (unpaired) electrons. The minimum atomic E-state index is 0.985. The summed E-state index contributed by atoms with van der Waals surface area (Å²) >= 11 is 0. The molecule has 0 rings (SSSR count). The summed E-state index contributed by atoms with van der Waals surface area (Å²) in [6, 6.07) is 0. The average Bonchev–Trinajstić information content (AvgIpc) is 2.16. The first-order valence-corrected chi connectivity index (χ1v) is 5.41. The van der Waals surface area contributed by atoms with Crippen LogP contribution in [0.5, 0.6) is 0 Å². The van der Waals surface area contributed by atoms with E-state index in [0.29, 0.717) is 0 Å². The normalized spacial score (nSPS) is 10.2. The maximum Gasteiger partial charge on any atom is -0.00932 e. The molecule has 0 aliphatic heterocycles. The molecule has 0 spiro atoms. The molecule has 0 atom stereocenters. The molecular formula is C13H22. The highest BCUT2D eigenvalue weighted by Crippen LogP contribution is 2.05. The maximum atomic E-state index is 3.51. The van der Waals surface area contributed by atoms with Gasteiger partial charge in [-0.15, -0.1) is 5.73 Å². The molecule has 0 heterocycles. The van der Waals surface area contributed by atoms with Crippen LogP contribution >= 0.6 is 0 Å². The zero-order chi connectivity index (χ0) is 9.78. The summed E-state index contributed by atoms with van der Waals surface area (Å²) in [4.78, 5) is 0. The lowest BCUT2D eigenvalue weighted by Gasteiger charge is -1.95. The van der Waals surface area contributed by atoms with Gasteiger partial charge in [0, 0.05) is 0 Å². The van der Waals surface area contributed by atoms with Crippen LogP contribution < -0.4 is 0 Å². The summed E-state index contributed by atoms with van der Waals surface area (Å²) in [5.74, 6) is 0. The largest absolute Gasteiger partial charge is 0.133 e.